The fraction of sp³-hybridized carbons (Fsp3) is 0.150. The van der Waals surface area contributed by atoms with E-state index >= 15 is 0 Å². The Labute approximate surface area is 159 Å². The van der Waals surface area contributed by atoms with Gasteiger partial charge in [-0.05, 0) is 49.1 Å². The normalized spacial score (nSPS) is 10.9. The molecule has 0 saturated carbocycles. The highest BCUT2D eigenvalue weighted by Crippen LogP contribution is 2.31. The molecule has 3 heterocycles. The van der Waals surface area contributed by atoms with E-state index in [1.54, 1.807) is 31.4 Å². The summed E-state index contributed by atoms with van der Waals surface area (Å²) in [6, 6.07) is 11.3. The van der Waals surface area contributed by atoms with Crippen LogP contribution in [0.5, 0.6) is 5.75 Å². The predicted molar refractivity (Wildman–Crippen MR) is 106 cm³/mol. The molecule has 1 aromatic carbocycles. The third-order valence-corrected chi connectivity index (χ3v) is 5.13. The molecule has 4 aromatic rings. The van der Waals surface area contributed by atoms with Crippen LogP contribution < -0.4 is 10.1 Å². The second-order valence-corrected chi connectivity index (χ2v) is 7.09. The minimum Gasteiger partial charge on any atom is -0.495 e. The lowest BCUT2D eigenvalue weighted by molar-refractivity contribution is 0.102. The number of anilines is 1. The number of nitrogens with zero attached hydrogens (tertiary/aromatic N) is 2. The molecule has 1 amide bonds. The van der Waals surface area contributed by atoms with Crippen LogP contribution >= 0.6 is 11.3 Å². The molecule has 0 spiro atoms. The average molecular weight is 379 g/mol. The number of amides is 1. The summed E-state index contributed by atoms with van der Waals surface area (Å²) in [6.45, 7) is 3.75. The smallest absolute Gasteiger partial charge is 0.259 e. The minimum atomic E-state index is -0.268. The number of aryl methyl sites for hydroxylation is 2. The molecule has 7 heteroatoms. The molecular formula is C20H17N3O3S. The first-order valence-corrected chi connectivity index (χ1v) is 9.21. The third-order valence-electron chi connectivity index (χ3n) is 4.24. The first-order chi connectivity index (χ1) is 13.1. The number of hydrogen-bond donors (Lipinski definition) is 1. The molecule has 0 aliphatic carbocycles. The van der Waals surface area contributed by atoms with Crippen molar-refractivity contribution in [2.24, 2.45) is 0 Å². The summed E-state index contributed by atoms with van der Waals surface area (Å²) in [6.07, 6.45) is 0. The summed E-state index contributed by atoms with van der Waals surface area (Å²) in [7, 11) is 1.57. The van der Waals surface area contributed by atoms with Gasteiger partial charge in [0.15, 0.2) is 0 Å². The molecule has 3 aromatic heterocycles. The fourth-order valence-electron chi connectivity index (χ4n) is 2.93. The molecule has 0 aliphatic heterocycles. The lowest BCUT2D eigenvalue weighted by atomic mass is 10.1. The van der Waals surface area contributed by atoms with Crippen LogP contribution in [0, 0.1) is 13.8 Å². The zero-order chi connectivity index (χ0) is 19.0. The van der Waals surface area contributed by atoms with Gasteiger partial charge in [0.25, 0.3) is 11.6 Å². The summed E-state index contributed by atoms with van der Waals surface area (Å²) >= 11 is 1.55. The second-order valence-electron chi connectivity index (χ2n) is 6.14. The summed E-state index contributed by atoms with van der Waals surface area (Å²) in [5, 5.41) is 9.49. The highest BCUT2D eigenvalue weighted by Gasteiger charge is 2.20. The Bertz CT molecular complexity index is 1130. The van der Waals surface area contributed by atoms with Gasteiger partial charge >= 0.3 is 0 Å². The highest BCUT2D eigenvalue weighted by atomic mass is 32.1. The van der Waals surface area contributed by atoms with E-state index in [-0.39, 0.29) is 5.91 Å². The van der Waals surface area contributed by atoms with Crippen LogP contribution in [-0.2, 0) is 0 Å². The number of benzene rings is 1. The molecule has 0 saturated heterocycles. The van der Waals surface area contributed by atoms with Gasteiger partial charge in [0.05, 0.1) is 40.0 Å². The number of methoxy groups -OCH3 is 1. The van der Waals surface area contributed by atoms with E-state index in [1.807, 2.05) is 42.6 Å². The molecule has 0 radical (unpaired) electrons. The van der Waals surface area contributed by atoms with E-state index in [9.17, 15) is 4.79 Å². The number of fused-ring (bicyclic) bond motifs is 1. The van der Waals surface area contributed by atoms with Crippen molar-refractivity contribution in [2.75, 3.05) is 12.4 Å². The van der Waals surface area contributed by atoms with Gasteiger partial charge in [-0.1, -0.05) is 17.3 Å². The standard InChI is InChI=1S/C20H17N3O3S/c1-11-6-7-16(25-3)14(9-11)21-19(24)13-10-15(17-5-4-8-27-17)22-20-18(13)12(2)23-26-20/h4-10H,1-3H3,(H,21,24). The van der Waals surface area contributed by atoms with Crippen LogP contribution in [0.25, 0.3) is 21.7 Å². The number of thiophene rings is 1. The van der Waals surface area contributed by atoms with Crippen LogP contribution in [-0.4, -0.2) is 23.2 Å². The lowest BCUT2D eigenvalue weighted by Gasteiger charge is -2.12. The van der Waals surface area contributed by atoms with Crippen molar-refractivity contribution in [2.45, 2.75) is 13.8 Å². The van der Waals surface area contributed by atoms with Crippen molar-refractivity contribution in [1.82, 2.24) is 10.1 Å². The largest absolute Gasteiger partial charge is 0.495 e. The first kappa shape index (κ1) is 17.2. The van der Waals surface area contributed by atoms with E-state index in [0.29, 0.717) is 39.5 Å². The lowest BCUT2D eigenvalue weighted by Crippen LogP contribution is -2.14. The Morgan fingerprint density at radius 3 is 2.81 bits per heavy atom. The van der Waals surface area contributed by atoms with E-state index in [1.165, 1.54) is 0 Å². The Balaban J connectivity index is 1.81. The van der Waals surface area contributed by atoms with Crippen molar-refractivity contribution in [3.8, 4) is 16.3 Å². The average Bonchev–Trinajstić information content (AvgIpc) is 3.31. The highest BCUT2D eigenvalue weighted by molar-refractivity contribution is 7.13. The maximum atomic E-state index is 13.1. The summed E-state index contributed by atoms with van der Waals surface area (Å²) < 4.78 is 10.7. The summed E-state index contributed by atoms with van der Waals surface area (Å²) in [5.74, 6) is 0.329. The molecule has 136 valence electrons. The van der Waals surface area contributed by atoms with Gasteiger partial charge in [-0.15, -0.1) is 11.3 Å². The maximum absolute atomic E-state index is 13.1. The SMILES string of the molecule is COc1ccc(C)cc1NC(=O)c1cc(-c2cccs2)nc2onc(C)c12. The number of carbonyl (C=O) groups excluding carboxylic acids is 1. The molecule has 27 heavy (non-hydrogen) atoms. The Hall–Kier alpha value is -3.19. The Morgan fingerprint density at radius 2 is 2.07 bits per heavy atom. The van der Waals surface area contributed by atoms with Crippen molar-refractivity contribution in [3.05, 3.63) is 58.6 Å². The number of nitrogens with one attached hydrogen (secondary N) is 1. The van der Waals surface area contributed by atoms with E-state index < -0.39 is 0 Å². The molecule has 1 N–H and O–H groups in total. The first-order valence-electron chi connectivity index (χ1n) is 8.33. The van der Waals surface area contributed by atoms with E-state index in [0.717, 1.165) is 10.4 Å². The summed E-state index contributed by atoms with van der Waals surface area (Å²) in [5.41, 5.74) is 3.74. The quantitative estimate of drug-likeness (QED) is 0.549. The molecule has 6 nitrogen and oxygen atoms in total. The molecular weight excluding hydrogens is 362 g/mol. The van der Waals surface area contributed by atoms with E-state index in [4.69, 9.17) is 9.26 Å². The van der Waals surface area contributed by atoms with Crippen molar-refractivity contribution in [1.29, 1.82) is 0 Å². The van der Waals surface area contributed by atoms with Gasteiger partial charge in [-0.2, -0.15) is 0 Å². The van der Waals surface area contributed by atoms with Gasteiger partial charge in [0, 0.05) is 0 Å². The molecule has 0 fully saturated rings. The molecule has 0 unspecified atom stereocenters. The van der Waals surface area contributed by atoms with Crippen LogP contribution in [0.1, 0.15) is 21.6 Å². The van der Waals surface area contributed by atoms with Gasteiger partial charge in [-0.25, -0.2) is 4.98 Å². The molecule has 0 aliphatic rings. The number of rotatable bonds is 4. The number of aromatic nitrogens is 2. The monoisotopic (exact) mass is 379 g/mol. The second kappa shape index (κ2) is 6.85. The zero-order valence-electron chi connectivity index (χ0n) is 15.1. The Kier molecular flexibility index (Phi) is 4.37. The van der Waals surface area contributed by atoms with Crippen molar-refractivity contribution < 1.29 is 14.1 Å². The number of ether oxygens (including phenoxy) is 1. The third kappa shape index (κ3) is 3.17. The van der Waals surface area contributed by atoms with Crippen LogP contribution in [0.3, 0.4) is 0 Å². The van der Waals surface area contributed by atoms with Crippen LogP contribution in [0.4, 0.5) is 5.69 Å². The van der Waals surface area contributed by atoms with Crippen LogP contribution in [0.15, 0.2) is 46.3 Å². The molecule has 0 atom stereocenters. The zero-order valence-corrected chi connectivity index (χ0v) is 15.9. The minimum absolute atomic E-state index is 0.268. The van der Waals surface area contributed by atoms with Gasteiger partial charge in [0.2, 0.25) is 0 Å². The summed E-state index contributed by atoms with van der Waals surface area (Å²) in [4.78, 5) is 18.6. The van der Waals surface area contributed by atoms with Gasteiger partial charge < -0.3 is 14.6 Å². The maximum Gasteiger partial charge on any atom is 0.259 e. The predicted octanol–water partition coefficient (Wildman–Crippen LogP) is 4.83. The topological polar surface area (TPSA) is 77.2 Å². The number of hydrogen-bond acceptors (Lipinski definition) is 6. The van der Waals surface area contributed by atoms with E-state index in [2.05, 4.69) is 15.5 Å². The van der Waals surface area contributed by atoms with Crippen molar-refractivity contribution >= 4 is 34.0 Å². The Morgan fingerprint density at radius 1 is 1.22 bits per heavy atom. The van der Waals surface area contributed by atoms with Gasteiger partial charge in [0.1, 0.15) is 5.75 Å². The van der Waals surface area contributed by atoms with Crippen LogP contribution in [0.2, 0.25) is 0 Å². The molecule has 0 bridgehead atoms. The number of pyridine rings is 1. The molecule has 4 rings (SSSR count). The fourth-order valence-corrected chi connectivity index (χ4v) is 3.62. The number of carbonyl (C=O) groups is 1. The van der Waals surface area contributed by atoms with Crippen molar-refractivity contribution in [3.63, 3.8) is 0 Å². The van der Waals surface area contributed by atoms with Gasteiger partial charge in [-0.3, -0.25) is 4.79 Å².